The topological polar surface area (TPSA) is 66.9 Å². The van der Waals surface area contributed by atoms with Crippen LogP contribution in [-0.4, -0.2) is 50.3 Å². The Kier molecular flexibility index (Phi) is 9.50. The van der Waals surface area contributed by atoms with Gasteiger partial charge in [-0.25, -0.2) is 8.42 Å². The molecule has 1 amide bonds. The molecule has 1 fully saturated rings. The highest BCUT2D eigenvalue weighted by Gasteiger charge is 2.41. The SMILES string of the molecule is Cc1cc(OCC2(CC(=O)N(C)Cc3ccccc3)CCN(S(=O)(=O)c3ccc(Cl)cc3Cl)CC2)ccc1Cl. The van der Waals surface area contributed by atoms with Crippen LogP contribution in [0.3, 0.4) is 0 Å². The molecule has 6 nitrogen and oxygen atoms in total. The molecule has 10 heteroatoms. The molecule has 0 saturated carbocycles. The van der Waals surface area contributed by atoms with E-state index in [0.717, 1.165) is 11.1 Å². The van der Waals surface area contributed by atoms with Gasteiger partial charge in [-0.1, -0.05) is 65.1 Å². The summed E-state index contributed by atoms with van der Waals surface area (Å²) in [6, 6.07) is 19.6. The largest absolute Gasteiger partial charge is 0.493 e. The summed E-state index contributed by atoms with van der Waals surface area (Å²) in [7, 11) is -2.04. The molecule has 1 heterocycles. The first-order valence-corrected chi connectivity index (χ1v) is 15.2. The van der Waals surface area contributed by atoms with Crippen molar-refractivity contribution in [2.75, 3.05) is 26.7 Å². The number of piperidine rings is 1. The quantitative estimate of drug-likeness (QED) is 0.266. The number of amides is 1. The van der Waals surface area contributed by atoms with Crippen LogP contribution in [0.1, 0.15) is 30.4 Å². The van der Waals surface area contributed by atoms with Gasteiger partial charge in [0.2, 0.25) is 15.9 Å². The van der Waals surface area contributed by atoms with E-state index in [9.17, 15) is 13.2 Å². The third-order valence-corrected chi connectivity index (χ3v) is 10.2. The predicted octanol–water partition coefficient (Wildman–Crippen LogP) is 6.85. The van der Waals surface area contributed by atoms with Crippen LogP contribution >= 0.6 is 34.8 Å². The van der Waals surface area contributed by atoms with E-state index in [-0.39, 0.29) is 41.9 Å². The van der Waals surface area contributed by atoms with Crippen molar-refractivity contribution in [1.29, 1.82) is 0 Å². The number of carbonyl (C=O) groups is 1. The summed E-state index contributed by atoms with van der Waals surface area (Å²) in [4.78, 5) is 15.1. The molecular formula is C29H31Cl3N2O4S. The molecule has 4 rings (SSSR count). The summed E-state index contributed by atoms with van der Waals surface area (Å²) in [6.07, 6.45) is 1.14. The van der Waals surface area contributed by atoms with Crippen LogP contribution in [0.25, 0.3) is 0 Å². The number of carbonyl (C=O) groups excluding carboxylic acids is 1. The Morgan fingerprint density at radius 3 is 2.31 bits per heavy atom. The minimum absolute atomic E-state index is 0.0210. The first kappa shape index (κ1) is 29.7. The van der Waals surface area contributed by atoms with Crippen molar-refractivity contribution in [3.05, 3.63) is 92.9 Å². The molecule has 0 N–H and O–H groups in total. The van der Waals surface area contributed by atoms with Crippen molar-refractivity contribution in [2.24, 2.45) is 5.41 Å². The van der Waals surface area contributed by atoms with Crippen LogP contribution < -0.4 is 4.74 Å². The van der Waals surface area contributed by atoms with Crippen molar-refractivity contribution in [3.63, 3.8) is 0 Å². The summed E-state index contributed by atoms with van der Waals surface area (Å²) < 4.78 is 34.4. The first-order valence-electron chi connectivity index (χ1n) is 12.6. The Hall–Kier alpha value is -2.29. The highest BCUT2D eigenvalue weighted by Crippen LogP contribution is 2.39. The highest BCUT2D eigenvalue weighted by atomic mass is 35.5. The average Bonchev–Trinajstić information content (AvgIpc) is 2.90. The van der Waals surface area contributed by atoms with Crippen LogP contribution in [0.2, 0.25) is 15.1 Å². The number of sulfonamides is 1. The van der Waals surface area contributed by atoms with Crippen LogP contribution in [-0.2, 0) is 21.4 Å². The maximum Gasteiger partial charge on any atom is 0.244 e. The summed E-state index contributed by atoms with van der Waals surface area (Å²) >= 11 is 18.4. The zero-order valence-corrected chi connectivity index (χ0v) is 25.0. The van der Waals surface area contributed by atoms with Crippen LogP contribution in [0.4, 0.5) is 0 Å². The molecule has 0 spiro atoms. The van der Waals surface area contributed by atoms with Gasteiger partial charge >= 0.3 is 0 Å². The zero-order chi connectivity index (χ0) is 28.2. The Morgan fingerprint density at radius 2 is 1.67 bits per heavy atom. The second-order valence-electron chi connectivity index (χ2n) is 10.1. The number of ether oxygens (including phenoxy) is 1. The van der Waals surface area contributed by atoms with E-state index in [1.54, 1.807) is 24.1 Å². The van der Waals surface area contributed by atoms with Gasteiger partial charge in [0.05, 0.1) is 11.6 Å². The molecule has 39 heavy (non-hydrogen) atoms. The van der Waals surface area contributed by atoms with Crippen molar-refractivity contribution in [1.82, 2.24) is 9.21 Å². The van der Waals surface area contributed by atoms with Gasteiger partial charge in [-0.15, -0.1) is 0 Å². The lowest BCUT2D eigenvalue weighted by Gasteiger charge is -2.41. The Bertz CT molecular complexity index is 1430. The van der Waals surface area contributed by atoms with Gasteiger partial charge in [0.15, 0.2) is 0 Å². The fourth-order valence-electron chi connectivity index (χ4n) is 4.74. The van der Waals surface area contributed by atoms with E-state index < -0.39 is 15.4 Å². The molecular weight excluding hydrogens is 579 g/mol. The van der Waals surface area contributed by atoms with E-state index in [4.69, 9.17) is 39.5 Å². The van der Waals surface area contributed by atoms with Crippen molar-refractivity contribution < 1.29 is 17.9 Å². The molecule has 0 atom stereocenters. The van der Waals surface area contributed by atoms with Gasteiger partial charge in [-0.05, 0) is 67.3 Å². The van der Waals surface area contributed by atoms with Crippen LogP contribution in [0.15, 0.2) is 71.6 Å². The number of hydrogen-bond donors (Lipinski definition) is 0. The van der Waals surface area contributed by atoms with Gasteiger partial charge in [0, 0.05) is 48.6 Å². The van der Waals surface area contributed by atoms with Gasteiger partial charge < -0.3 is 9.64 Å². The average molecular weight is 610 g/mol. The molecule has 1 aliphatic heterocycles. The summed E-state index contributed by atoms with van der Waals surface area (Å²) in [5.74, 6) is 0.635. The second kappa shape index (κ2) is 12.5. The van der Waals surface area contributed by atoms with Crippen molar-refractivity contribution in [3.8, 4) is 5.75 Å². The third-order valence-electron chi connectivity index (χ3n) is 7.18. The third kappa shape index (κ3) is 7.27. The summed E-state index contributed by atoms with van der Waals surface area (Å²) in [5.41, 5.74) is 1.38. The molecule has 1 saturated heterocycles. The minimum Gasteiger partial charge on any atom is -0.493 e. The Morgan fingerprint density at radius 1 is 0.974 bits per heavy atom. The standard InChI is InChI=1S/C29H31Cl3N2O4S/c1-21-16-24(9-10-25(21)31)38-20-29(18-28(35)33(2)19-22-6-4-3-5-7-22)12-14-34(15-13-29)39(36,37)27-11-8-23(30)17-26(27)32/h3-11,16-17H,12-15,18-20H2,1-2H3. The smallest absolute Gasteiger partial charge is 0.244 e. The lowest BCUT2D eigenvalue weighted by atomic mass is 9.76. The molecule has 0 radical (unpaired) electrons. The molecule has 3 aromatic carbocycles. The van der Waals surface area contributed by atoms with E-state index in [1.807, 2.05) is 43.3 Å². The van der Waals surface area contributed by atoms with Gasteiger partial charge in [-0.3, -0.25) is 4.79 Å². The summed E-state index contributed by atoms with van der Waals surface area (Å²) in [6.45, 7) is 3.13. The van der Waals surface area contributed by atoms with E-state index in [1.165, 1.54) is 22.5 Å². The molecule has 0 bridgehead atoms. The van der Waals surface area contributed by atoms with Crippen molar-refractivity contribution in [2.45, 2.75) is 37.6 Å². The normalized spacial score (nSPS) is 15.6. The van der Waals surface area contributed by atoms with Crippen LogP contribution in [0, 0.1) is 12.3 Å². The van der Waals surface area contributed by atoms with Gasteiger partial charge in [-0.2, -0.15) is 4.31 Å². The first-order chi connectivity index (χ1) is 18.5. The highest BCUT2D eigenvalue weighted by molar-refractivity contribution is 7.89. The van der Waals surface area contributed by atoms with Gasteiger partial charge in [0.1, 0.15) is 10.6 Å². The number of rotatable bonds is 9. The molecule has 1 aliphatic rings. The number of nitrogens with zero attached hydrogens (tertiary/aromatic N) is 2. The fourth-order valence-corrected chi connectivity index (χ4v) is 7.05. The maximum atomic E-state index is 13.4. The van der Waals surface area contributed by atoms with Gasteiger partial charge in [0.25, 0.3) is 0 Å². The number of halogens is 3. The monoisotopic (exact) mass is 608 g/mol. The van der Waals surface area contributed by atoms with Crippen molar-refractivity contribution >= 4 is 50.7 Å². The lowest BCUT2D eigenvalue weighted by molar-refractivity contribution is -0.134. The molecule has 0 aliphatic carbocycles. The van der Waals surface area contributed by atoms with E-state index >= 15 is 0 Å². The molecule has 208 valence electrons. The minimum atomic E-state index is -3.83. The number of benzene rings is 3. The molecule has 0 unspecified atom stereocenters. The molecule has 0 aromatic heterocycles. The fraction of sp³-hybridized carbons (Fsp3) is 0.345. The Balaban J connectivity index is 1.52. The van der Waals surface area contributed by atoms with Crippen LogP contribution in [0.5, 0.6) is 5.75 Å². The summed E-state index contributed by atoms with van der Waals surface area (Å²) in [5, 5.41) is 1.09. The predicted molar refractivity (Wildman–Crippen MR) is 156 cm³/mol. The molecule has 3 aromatic rings. The Labute approximate surface area is 245 Å². The number of hydrogen-bond acceptors (Lipinski definition) is 4. The second-order valence-corrected chi connectivity index (χ2v) is 13.2. The lowest BCUT2D eigenvalue weighted by Crippen LogP contribution is -2.47. The van der Waals surface area contributed by atoms with E-state index in [0.29, 0.717) is 35.2 Å². The zero-order valence-electron chi connectivity index (χ0n) is 21.9. The van der Waals surface area contributed by atoms with E-state index in [2.05, 4.69) is 0 Å². The maximum absolute atomic E-state index is 13.4. The number of aryl methyl sites for hydroxylation is 1.